The molecule has 289 valence electrons. The number of ether oxygens (including phenoxy) is 2. The predicted molar refractivity (Wildman–Crippen MR) is 178 cm³/mol. The molecule has 0 aliphatic carbocycles. The van der Waals surface area contributed by atoms with Crippen molar-refractivity contribution in [1.82, 2.24) is 39.0 Å². The first-order chi connectivity index (χ1) is 24.8. The molecule has 4 aromatic rings. The number of rotatable bonds is 14. The van der Waals surface area contributed by atoms with Gasteiger partial charge in [0.15, 0.2) is 45.7 Å². The van der Waals surface area contributed by atoms with Gasteiger partial charge in [0.1, 0.15) is 47.7 Å². The van der Waals surface area contributed by atoms with Crippen LogP contribution in [-0.2, 0) is 40.8 Å². The van der Waals surface area contributed by atoms with E-state index in [2.05, 4.69) is 43.0 Å². The maximum atomic E-state index is 12.7. The Morgan fingerprint density at radius 1 is 0.755 bits per heavy atom. The molecule has 3 radical (unpaired) electrons. The van der Waals surface area contributed by atoms with Crippen molar-refractivity contribution in [3.63, 3.8) is 0 Å². The van der Waals surface area contributed by atoms with Crippen LogP contribution in [0.1, 0.15) is 12.5 Å². The highest BCUT2D eigenvalue weighted by atomic mass is 32.2. The zero-order valence-corrected chi connectivity index (χ0v) is 31.3. The van der Waals surface area contributed by atoms with E-state index in [1.54, 1.807) is 12.5 Å². The van der Waals surface area contributed by atoms with Crippen molar-refractivity contribution >= 4 is 88.2 Å². The number of phosphoric ester groups is 1. The molecular weight excluding hydrogens is 812 g/mol. The summed E-state index contributed by atoms with van der Waals surface area (Å²) >= 11 is 2.33. The normalized spacial score (nSPS) is 29.8. The Morgan fingerprint density at radius 2 is 1.19 bits per heavy atom. The van der Waals surface area contributed by atoms with Crippen molar-refractivity contribution in [2.45, 2.75) is 59.4 Å². The van der Waals surface area contributed by atoms with Crippen LogP contribution in [0.5, 0.6) is 0 Å². The van der Waals surface area contributed by atoms with Gasteiger partial charge in [-0.2, -0.15) is 0 Å². The number of aliphatic hydroxyl groups is 4. The van der Waals surface area contributed by atoms with Gasteiger partial charge in [0.25, 0.3) is 15.6 Å². The van der Waals surface area contributed by atoms with Gasteiger partial charge in [-0.1, -0.05) is 23.5 Å². The van der Waals surface area contributed by atoms with E-state index in [4.69, 9.17) is 33.0 Å². The Balaban J connectivity index is 1.04. The highest BCUT2D eigenvalue weighted by Crippen LogP contribution is 2.64. The van der Waals surface area contributed by atoms with Crippen molar-refractivity contribution in [3.05, 3.63) is 12.7 Å². The van der Waals surface area contributed by atoms with Gasteiger partial charge in [-0.3, -0.25) is 22.6 Å². The van der Waals surface area contributed by atoms with Crippen LogP contribution < -0.4 is 21.3 Å². The molecule has 8 N–H and O–H groups in total. The number of imidazole rings is 2. The quantitative estimate of drug-likeness (QED) is 0.0339. The molecule has 25 nitrogen and oxygen atoms in total. The van der Waals surface area contributed by atoms with E-state index >= 15 is 0 Å². The van der Waals surface area contributed by atoms with E-state index in [1.807, 2.05) is 0 Å². The monoisotopic (exact) mass is 840 g/mol. The smallest absolute Gasteiger partial charge is 0.279 e. The summed E-state index contributed by atoms with van der Waals surface area (Å²) in [5.41, 5.74) is 12.4. The summed E-state index contributed by atoms with van der Waals surface area (Å²) in [5.74, 6) is 0.0586. The van der Waals surface area contributed by atoms with Crippen LogP contribution in [0.15, 0.2) is 23.0 Å². The predicted octanol–water partition coefficient (Wildman–Crippen LogP) is -2.21. The number of hydrogen-bond donors (Lipinski definition) is 6. The second kappa shape index (κ2) is 15.3. The van der Waals surface area contributed by atoms with E-state index in [-0.39, 0.29) is 44.3 Å². The van der Waals surface area contributed by atoms with E-state index in [0.29, 0.717) is 0 Å². The fourth-order valence-electron chi connectivity index (χ4n) is 5.25. The fraction of sp³-hybridized carbons (Fsp3) is 0.545. The van der Waals surface area contributed by atoms with Gasteiger partial charge in [0, 0.05) is 0 Å². The second-order valence-electron chi connectivity index (χ2n) is 11.1. The van der Waals surface area contributed by atoms with Gasteiger partial charge in [-0.25, -0.2) is 34.2 Å². The van der Waals surface area contributed by atoms with Gasteiger partial charge >= 0.3 is 0 Å². The summed E-state index contributed by atoms with van der Waals surface area (Å²) in [6.07, 6.45) is -6.85. The van der Waals surface area contributed by atoms with Gasteiger partial charge < -0.3 is 72.3 Å². The highest BCUT2D eigenvalue weighted by Gasteiger charge is 2.46. The molecule has 0 bridgehead atoms. The molecule has 53 heavy (non-hydrogen) atoms. The molecule has 2 saturated heterocycles. The minimum Gasteiger partial charge on any atom is -0.756 e. The number of anilines is 2. The van der Waals surface area contributed by atoms with Crippen molar-refractivity contribution in [2.24, 2.45) is 0 Å². The SMILES string of the molecule is [B-][P@@](=O)(OC[C@H]1O[C@@H](n2cnc3c(N)nc(SC)nc32)[C@H](O)[C@@H]1O)OP(=O)([O-])OP(=O)([O-])OC[C@H]1O[C@@H](n2cnc3c(N)nc(SC)nc32)[C@H](O)[C@@H]1O. The molecule has 0 aromatic carbocycles. The average molecular weight is 840 g/mol. The summed E-state index contributed by atoms with van der Waals surface area (Å²) in [5, 5.41) is 42.9. The van der Waals surface area contributed by atoms with Crippen LogP contribution >= 0.6 is 46.6 Å². The standard InChI is InChI=1S/C22H30BN10O15P3S2/c1-52-21-28-15(24)9-17(30-21)32(5-26-9)19-13(36)11(34)7(45-19)3-43-49(23,38)47-51(41,42)48-50(39,40)44-4-8-12(35)14(37)20(46-8)33-6-27-10-16(25)29-22(53-2)31-18(10)33/h5-8,11-14,19-20,34-37H,3-4H2,1-2H3,(H,39,40)(H,41,42)(H2,24,28,30)(H2,25,29,31)/q-1/p-2/t7-,8-,11-,12-,13-,14-,19-,20-,49-/m1/s1. The number of hydrogen-bond acceptors (Lipinski definition) is 25. The number of nitrogen functional groups attached to an aromatic ring is 2. The minimum absolute atomic E-state index is 0.0236. The Morgan fingerprint density at radius 3 is 1.62 bits per heavy atom. The summed E-state index contributed by atoms with van der Waals surface area (Å²) in [6, 6.07) is 0. The number of phosphoric acid groups is 2. The Kier molecular flexibility index (Phi) is 11.7. The van der Waals surface area contributed by atoms with E-state index in [1.165, 1.54) is 33.6 Å². The van der Waals surface area contributed by atoms with Crippen molar-refractivity contribution < 1.29 is 71.1 Å². The summed E-state index contributed by atoms with van der Waals surface area (Å²) < 4.78 is 68.6. The van der Waals surface area contributed by atoms with E-state index in [0.717, 1.165) is 11.8 Å². The van der Waals surface area contributed by atoms with Gasteiger partial charge in [-0.15, -0.1) is 0 Å². The lowest BCUT2D eigenvalue weighted by atomic mass is 10.1. The lowest BCUT2D eigenvalue weighted by molar-refractivity contribution is -0.241. The Hall–Kier alpha value is -2.33. The first-order valence-electron chi connectivity index (χ1n) is 14.7. The number of nitrogens with two attached hydrogens (primary N) is 2. The van der Waals surface area contributed by atoms with Crippen LogP contribution in [0.25, 0.3) is 22.3 Å². The van der Waals surface area contributed by atoms with Crippen LogP contribution in [0.2, 0.25) is 0 Å². The molecule has 4 aromatic heterocycles. The summed E-state index contributed by atoms with van der Waals surface area (Å²) in [7, 11) is -11.9. The fourth-order valence-corrected chi connectivity index (χ4v) is 9.53. The minimum atomic E-state index is -6.15. The summed E-state index contributed by atoms with van der Waals surface area (Å²) in [6.45, 7) is -2.03. The maximum absolute atomic E-state index is 12.7. The first-order valence-corrected chi connectivity index (χ1v) is 21.7. The lowest BCUT2D eigenvalue weighted by Crippen LogP contribution is -2.34. The van der Waals surface area contributed by atoms with Crippen LogP contribution in [0.3, 0.4) is 0 Å². The van der Waals surface area contributed by atoms with Gasteiger partial charge in [0.2, 0.25) is 0 Å². The van der Waals surface area contributed by atoms with Gasteiger partial charge in [0.05, 0.1) is 33.3 Å². The zero-order valence-electron chi connectivity index (χ0n) is 26.9. The molecule has 2 unspecified atom stereocenters. The van der Waals surface area contributed by atoms with Gasteiger partial charge in [-0.05, 0) is 12.5 Å². The average Bonchev–Trinajstić information content (AvgIpc) is 3.83. The molecule has 11 atom stereocenters. The van der Waals surface area contributed by atoms with Crippen molar-refractivity contribution in [2.75, 3.05) is 37.2 Å². The molecule has 0 amide bonds. The number of aliphatic hydroxyl groups excluding tert-OH is 4. The summed E-state index contributed by atoms with van der Waals surface area (Å²) in [4.78, 5) is 49.6. The third kappa shape index (κ3) is 8.44. The molecular formula is C22H28BN10O15P3S2-3. The molecule has 2 fully saturated rings. The highest BCUT2D eigenvalue weighted by molar-refractivity contribution is 7.98. The molecule has 2 aliphatic rings. The van der Waals surface area contributed by atoms with E-state index in [9.17, 15) is 43.9 Å². The number of nitrogens with zero attached hydrogens (tertiary/aromatic N) is 8. The maximum Gasteiger partial charge on any atom is 0.279 e. The zero-order chi connectivity index (χ0) is 38.6. The number of fused-ring (bicyclic) bond motifs is 2. The molecule has 2 aliphatic heterocycles. The van der Waals surface area contributed by atoms with Crippen LogP contribution in [-0.4, -0.2) is 129 Å². The van der Waals surface area contributed by atoms with Crippen LogP contribution in [0.4, 0.5) is 11.6 Å². The number of thioether (sulfide) groups is 2. The molecule has 6 heterocycles. The van der Waals surface area contributed by atoms with Crippen molar-refractivity contribution in [3.8, 4) is 0 Å². The molecule has 6 rings (SSSR count). The Bertz CT molecular complexity index is 2010. The van der Waals surface area contributed by atoms with Crippen molar-refractivity contribution in [1.29, 1.82) is 0 Å². The van der Waals surface area contributed by atoms with E-state index < -0.39 is 85.4 Å². The molecule has 0 spiro atoms. The largest absolute Gasteiger partial charge is 0.756 e. The topological polar surface area (TPSA) is 373 Å². The lowest BCUT2D eigenvalue weighted by Gasteiger charge is -2.36. The Labute approximate surface area is 306 Å². The first kappa shape index (κ1) is 40.3. The second-order valence-corrected chi connectivity index (χ2v) is 17.4. The number of aromatic nitrogens is 8. The molecule has 31 heteroatoms. The third-order valence-electron chi connectivity index (χ3n) is 7.67. The molecule has 0 saturated carbocycles. The van der Waals surface area contributed by atoms with Crippen LogP contribution in [0, 0.1) is 0 Å². The third-order valence-corrected chi connectivity index (χ3v) is 13.1.